The molecule has 0 radical (unpaired) electrons. The smallest absolute Gasteiger partial charge is 0.115 e. The maximum absolute atomic E-state index is 9.70. The molecule has 3 nitrogen and oxygen atoms in total. The Kier molecular flexibility index (Phi) is 7.32. The number of hydrogen-bond donors (Lipinski definition) is 2. The van der Waals surface area contributed by atoms with Crippen molar-refractivity contribution in [2.75, 3.05) is 19.6 Å². The van der Waals surface area contributed by atoms with Crippen molar-refractivity contribution in [1.82, 2.24) is 4.90 Å². The molecule has 2 aromatic carbocycles. The van der Waals surface area contributed by atoms with Gasteiger partial charge in [-0.2, -0.15) is 0 Å². The lowest BCUT2D eigenvalue weighted by atomic mass is 9.73. The van der Waals surface area contributed by atoms with Gasteiger partial charge >= 0.3 is 0 Å². The predicted octanol–water partition coefficient (Wildman–Crippen LogP) is 5.41. The van der Waals surface area contributed by atoms with E-state index in [4.69, 9.17) is 0 Å². The topological polar surface area (TPSA) is 43.7 Å². The summed E-state index contributed by atoms with van der Waals surface area (Å²) in [5.41, 5.74) is 2.17. The lowest BCUT2D eigenvalue weighted by Gasteiger charge is -2.35. The highest BCUT2D eigenvalue weighted by Crippen LogP contribution is 2.37. The Bertz CT molecular complexity index is 634. The number of aromatic hydroxyl groups is 2. The molecule has 0 bridgehead atoms. The highest BCUT2D eigenvalue weighted by molar-refractivity contribution is 5.42. The van der Waals surface area contributed by atoms with Gasteiger partial charge in [-0.25, -0.2) is 0 Å². The summed E-state index contributed by atoms with van der Waals surface area (Å²) in [6, 6.07) is 15.1. The maximum atomic E-state index is 9.70. The summed E-state index contributed by atoms with van der Waals surface area (Å²) >= 11 is 0. The molecule has 0 aliphatic rings. The Balaban J connectivity index is 2.31. The van der Waals surface area contributed by atoms with Crippen LogP contribution in [-0.2, 0) is 5.41 Å². The van der Waals surface area contributed by atoms with Crippen LogP contribution >= 0.6 is 0 Å². The molecule has 0 amide bonds. The first-order chi connectivity index (χ1) is 12.7. The van der Waals surface area contributed by atoms with Crippen LogP contribution in [0.5, 0.6) is 11.5 Å². The summed E-state index contributed by atoms with van der Waals surface area (Å²) in [4.78, 5) is 2.56. The number of rotatable bonds is 9. The van der Waals surface area contributed by atoms with E-state index in [0.29, 0.717) is 11.8 Å². The summed E-state index contributed by atoms with van der Waals surface area (Å²) in [6.07, 6.45) is 0.974. The quantitative estimate of drug-likeness (QED) is 0.621. The van der Waals surface area contributed by atoms with Crippen molar-refractivity contribution < 1.29 is 10.2 Å². The normalized spacial score (nSPS) is 12.3. The van der Waals surface area contributed by atoms with Crippen molar-refractivity contribution in [3.63, 3.8) is 0 Å². The van der Waals surface area contributed by atoms with E-state index >= 15 is 0 Å². The second-order valence-corrected chi connectivity index (χ2v) is 8.72. The summed E-state index contributed by atoms with van der Waals surface area (Å²) in [5.74, 6) is 1.84. The van der Waals surface area contributed by atoms with Crippen molar-refractivity contribution in [2.24, 2.45) is 11.8 Å². The van der Waals surface area contributed by atoms with Gasteiger partial charge in [0, 0.05) is 18.5 Å². The molecule has 0 aromatic heterocycles. The van der Waals surface area contributed by atoms with E-state index in [9.17, 15) is 10.2 Å². The van der Waals surface area contributed by atoms with Crippen LogP contribution in [-0.4, -0.2) is 34.7 Å². The van der Waals surface area contributed by atoms with E-state index in [1.165, 1.54) is 11.1 Å². The fourth-order valence-electron chi connectivity index (χ4n) is 3.79. The molecule has 2 aromatic rings. The zero-order valence-corrected chi connectivity index (χ0v) is 17.4. The van der Waals surface area contributed by atoms with Gasteiger partial charge in [0.05, 0.1) is 0 Å². The molecule has 0 saturated heterocycles. The molecule has 0 heterocycles. The highest BCUT2D eigenvalue weighted by atomic mass is 16.3. The summed E-state index contributed by atoms with van der Waals surface area (Å²) in [5, 5.41) is 19.4. The van der Waals surface area contributed by atoms with Crippen LogP contribution in [0.2, 0.25) is 0 Å². The molecule has 0 aliphatic carbocycles. The molecule has 0 saturated carbocycles. The molecule has 3 heteroatoms. The van der Waals surface area contributed by atoms with E-state index in [-0.39, 0.29) is 16.9 Å². The average molecular weight is 370 g/mol. The third kappa shape index (κ3) is 6.00. The first kappa shape index (κ1) is 21.3. The van der Waals surface area contributed by atoms with Crippen LogP contribution in [0.1, 0.15) is 52.2 Å². The SMILES string of the molecule is CC(C)CN(CCC(C)(c1ccc(O)cc1)c1ccc(O)cc1)CC(C)C. The second kappa shape index (κ2) is 9.27. The molecule has 0 atom stereocenters. The molecule has 27 heavy (non-hydrogen) atoms. The minimum absolute atomic E-state index is 0.187. The van der Waals surface area contributed by atoms with Gasteiger partial charge in [0.2, 0.25) is 0 Å². The number of nitrogens with zero attached hydrogens (tertiary/aromatic N) is 1. The van der Waals surface area contributed by atoms with Gasteiger partial charge in [-0.3, -0.25) is 0 Å². The summed E-state index contributed by atoms with van der Waals surface area (Å²) < 4.78 is 0. The van der Waals surface area contributed by atoms with Crippen LogP contribution in [0.25, 0.3) is 0 Å². The lowest BCUT2D eigenvalue weighted by molar-refractivity contribution is 0.205. The molecule has 2 N–H and O–H groups in total. The van der Waals surface area contributed by atoms with E-state index < -0.39 is 0 Å². The van der Waals surface area contributed by atoms with Crippen molar-refractivity contribution >= 4 is 0 Å². The number of phenolic OH excluding ortho intramolecular Hbond substituents is 2. The Labute approximate surface area is 164 Å². The van der Waals surface area contributed by atoms with Gasteiger partial charge in [0.1, 0.15) is 11.5 Å². The average Bonchev–Trinajstić information content (AvgIpc) is 2.59. The summed E-state index contributed by atoms with van der Waals surface area (Å²) in [6.45, 7) is 14.5. The van der Waals surface area contributed by atoms with E-state index in [1.807, 2.05) is 24.3 Å². The van der Waals surface area contributed by atoms with E-state index in [1.54, 1.807) is 24.3 Å². The minimum Gasteiger partial charge on any atom is -0.508 e. The Morgan fingerprint density at radius 2 is 1.11 bits per heavy atom. The third-order valence-electron chi connectivity index (χ3n) is 5.18. The van der Waals surface area contributed by atoms with Crippen LogP contribution in [0, 0.1) is 11.8 Å². The van der Waals surface area contributed by atoms with Crippen LogP contribution in [0.4, 0.5) is 0 Å². The molecular weight excluding hydrogens is 334 g/mol. The molecular formula is C24H35NO2. The van der Waals surface area contributed by atoms with Gasteiger partial charge in [-0.05, 0) is 60.2 Å². The van der Waals surface area contributed by atoms with Gasteiger partial charge < -0.3 is 15.1 Å². The van der Waals surface area contributed by atoms with E-state index in [0.717, 1.165) is 26.1 Å². The van der Waals surface area contributed by atoms with E-state index in [2.05, 4.69) is 39.5 Å². The molecule has 2 rings (SSSR count). The number of benzene rings is 2. The second-order valence-electron chi connectivity index (χ2n) is 8.72. The zero-order valence-electron chi connectivity index (χ0n) is 17.4. The largest absolute Gasteiger partial charge is 0.508 e. The molecule has 0 fully saturated rings. The molecule has 0 unspecified atom stereocenters. The monoisotopic (exact) mass is 369 g/mol. The van der Waals surface area contributed by atoms with Crippen LogP contribution in [0.15, 0.2) is 48.5 Å². The minimum atomic E-state index is -0.187. The fourth-order valence-corrected chi connectivity index (χ4v) is 3.79. The van der Waals surface area contributed by atoms with Crippen molar-refractivity contribution in [1.29, 1.82) is 0 Å². The summed E-state index contributed by atoms with van der Waals surface area (Å²) in [7, 11) is 0. The van der Waals surface area contributed by atoms with Gasteiger partial charge in [-0.15, -0.1) is 0 Å². The van der Waals surface area contributed by atoms with Gasteiger partial charge in [0.25, 0.3) is 0 Å². The lowest BCUT2D eigenvalue weighted by Crippen LogP contribution is -2.36. The predicted molar refractivity (Wildman–Crippen MR) is 113 cm³/mol. The van der Waals surface area contributed by atoms with Crippen molar-refractivity contribution in [3.8, 4) is 11.5 Å². The number of hydrogen-bond acceptors (Lipinski definition) is 3. The molecule has 0 aliphatic heterocycles. The van der Waals surface area contributed by atoms with Gasteiger partial charge in [-0.1, -0.05) is 58.9 Å². The van der Waals surface area contributed by atoms with Crippen LogP contribution in [0.3, 0.4) is 0 Å². The molecule has 0 spiro atoms. The van der Waals surface area contributed by atoms with Crippen molar-refractivity contribution in [3.05, 3.63) is 59.7 Å². The van der Waals surface area contributed by atoms with Crippen LogP contribution < -0.4 is 0 Å². The molecule has 148 valence electrons. The third-order valence-corrected chi connectivity index (χ3v) is 5.18. The maximum Gasteiger partial charge on any atom is 0.115 e. The first-order valence-electron chi connectivity index (χ1n) is 10.0. The van der Waals surface area contributed by atoms with Gasteiger partial charge in [0.15, 0.2) is 0 Å². The Morgan fingerprint density at radius 1 is 0.741 bits per heavy atom. The Hall–Kier alpha value is -2.00. The van der Waals surface area contributed by atoms with Crippen molar-refractivity contribution in [2.45, 2.75) is 46.5 Å². The Morgan fingerprint density at radius 3 is 1.44 bits per heavy atom. The highest BCUT2D eigenvalue weighted by Gasteiger charge is 2.29. The first-order valence-corrected chi connectivity index (χ1v) is 10.0. The standard InChI is InChI=1S/C24H35NO2/c1-18(2)16-25(17-19(3)4)15-14-24(5,20-6-10-22(26)11-7-20)21-8-12-23(27)13-9-21/h6-13,18-19,26-27H,14-17H2,1-5H3. The fraction of sp³-hybridized carbons (Fsp3) is 0.500. The zero-order chi connectivity index (χ0) is 20.0. The number of phenols is 2.